The van der Waals surface area contributed by atoms with E-state index in [0.29, 0.717) is 13.0 Å². The molecule has 2 unspecified atom stereocenters. The van der Waals surface area contributed by atoms with E-state index >= 15 is 0 Å². The maximum atomic E-state index is 12.0. The molecule has 1 saturated heterocycles. The van der Waals surface area contributed by atoms with Crippen LogP contribution in [0.1, 0.15) is 40.0 Å². The molecule has 6 nitrogen and oxygen atoms in total. The molecule has 110 valence electrons. The fourth-order valence-electron chi connectivity index (χ4n) is 2.18. The molecule has 2 N–H and O–H groups in total. The molecule has 0 radical (unpaired) electrons. The quantitative estimate of drug-likeness (QED) is 0.782. The van der Waals surface area contributed by atoms with Gasteiger partial charge in [0.05, 0.1) is 7.11 Å². The van der Waals surface area contributed by atoms with Gasteiger partial charge in [-0.1, -0.05) is 0 Å². The lowest BCUT2D eigenvalue weighted by molar-refractivity contribution is -0.142. The molecule has 0 spiro atoms. The molecule has 2 atom stereocenters. The van der Waals surface area contributed by atoms with Crippen molar-refractivity contribution in [2.24, 2.45) is 5.73 Å². The molecule has 0 aromatic heterocycles. The largest absolute Gasteiger partial charge is 0.468 e. The molecule has 1 aliphatic heterocycles. The monoisotopic (exact) mass is 272 g/mol. The number of carbonyl (C=O) groups excluding carboxylic acids is 2. The Morgan fingerprint density at radius 3 is 2.58 bits per heavy atom. The van der Waals surface area contributed by atoms with Crippen LogP contribution in [0.25, 0.3) is 0 Å². The summed E-state index contributed by atoms with van der Waals surface area (Å²) in [5.74, 6) is -0.448. The third-order valence-corrected chi connectivity index (χ3v) is 3.04. The summed E-state index contributed by atoms with van der Waals surface area (Å²) in [6.45, 7) is 6.13. The van der Waals surface area contributed by atoms with Crippen molar-refractivity contribution in [3.05, 3.63) is 0 Å². The second-order valence-electron chi connectivity index (χ2n) is 5.84. The highest BCUT2D eigenvalue weighted by Crippen LogP contribution is 2.23. The maximum Gasteiger partial charge on any atom is 0.410 e. The van der Waals surface area contributed by atoms with Crippen LogP contribution >= 0.6 is 0 Å². The number of carbonyl (C=O) groups is 2. The lowest BCUT2D eigenvalue weighted by Crippen LogP contribution is -2.44. The molecular weight excluding hydrogens is 248 g/mol. The number of nitrogens with zero attached hydrogens (tertiary/aromatic N) is 1. The standard InChI is InChI=1S/C13H24N2O4/c1-13(2,3)19-12(17)15-7-5-6-9(15)8-10(14)11(16)18-4/h9-10H,5-8,14H2,1-4H3. The van der Waals surface area contributed by atoms with E-state index in [2.05, 4.69) is 4.74 Å². The fraction of sp³-hybridized carbons (Fsp3) is 0.846. The zero-order chi connectivity index (χ0) is 14.6. The number of esters is 1. The summed E-state index contributed by atoms with van der Waals surface area (Å²) in [6.07, 6.45) is 1.81. The van der Waals surface area contributed by atoms with Crippen LogP contribution in [0.5, 0.6) is 0 Å². The number of ether oxygens (including phenoxy) is 2. The van der Waals surface area contributed by atoms with E-state index in [-0.39, 0.29) is 12.1 Å². The molecule has 1 amide bonds. The van der Waals surface area contributed by atoms with Crippen LogP contribution in [0, 0.1) is 0 Å². The van der Waals surface area contributed by atoms with Crippen molar-refractivity contribution in [3.8, 4) is 0 Å². The van der Waals surface area contributed by atoms with Gasteiger partial charge in [0.2, 0.25) is 0 Å². The van der Waals surface area contributed by atoms with E-state index in [1.807, 2.05) is 20.8 Å². The molecule has 19 heavy (non-hydrogen) atoms. The highest BCUT2D eigenvalue weighted by molar-refractivity contribution is 5.75. The van der Waals surface area contributed by atoms with Crippen molar-refractivity contribution in [1.82, 2.24) is 4.90 Å². The first kappa shape index (κ1) is 15.8. The summed E-state index contributed by atoms with van der Waals surface area (Å²) in [7, 11) is 1.31. The lowest BCUT2D eigenvalue weighted by atomic mass is 10.1. The van der Waals surface area contributed by atoms with Crippen LogP contribution in [-0.4, -0.2) is 48.3 Å². The van der Waals surface area contributed by atoms with Gasteiger partial charge in [-0.05, 0) is 40.0 Å². The topological polar surface area (TPSA) is 81.9 Å². The van der Waals surface area contributed by atoms with Gasteiger partial charge in [0.15, 0.2) is 0 Å². The Kier molecular flexibility index (Phi) is 5.17. The van der Waals surface area contributed by atoms with Crippen LogP contribution in [0.3, 0.4) is 0 Å². The molecule has 1 fully saturated rings. The van der Waals surface area contributed by atoms with Crippen molar-refractivity contribution in [3.63, 3.8) is 0 Å². The Labute approximate surface area is 114 Å². The van der Waals surface area contributed by atoms with Gasteiger partial charge in [-0.25, -0.2) is 4.79 Å². The van der Waals surface area contributed by atoms with Gasteiger partial charge in [-0.15, -0.1) is 0 Å². The summed E-state index contributed by atoms with van der Waals surface area (Å²) < 4.78 is 9.95. The van der Waals surface area contributed by atoms with E-state index in [1.165, 1.54) is 7.11 Å². The van der Waals surface area contributed by atoms with Gasteiger partial charge in [-0.3, -0.25) is 4.79 Å². The number of likely N-dealkylation sites (tertiary alicyclic amines) is 1. The number of amides is 1. The normalized spacial score (nSPS) is 21.1. The number of hydrogen-bond acceptors (Lipinski definition) is 5. The molecule has 0 bridgehead atoms. The third kappa shape index (κ3) is 4.70. The van der Waals surface area contributed by atoms with Crippen molar-refractivity contribution >= 4 is 12.1 Å². The molecule has 1 heterocycles. The van der Waals surface area contributed by atoms with E-state index < -0.39 is 17.6 Å². The molecule has 0 aliphatic carbocycles. The first-order chi connectivity index (χ1) is 8.74. The van der Waals surface area contributed by atoms with Crippen LogP contribution < -0.4 is 5.73 Å². The number of rotatable bonds is 3. The average molecular weight is 272 g/mol. The molecular formula is C13H24N2O4. The summed E-state index contributed by atoms with van der Waals surface area (Å²) >= 11 is 0. The summed E-state index contributed by atoms with van der Waals surface area (Å²) in [5.41, 5.74) is 5.22. The number of hydrogen-bond donors (Lipinski definition) is 1. The second-order valence-corrected chi connectivity index (χ2v) is 5.84. The maximum absolute atomic E-state index is 12.0. The van der Waals surface area contributed by atoms with Crippen molar-refractivity contribution in [2.45, 2.75) is 57.7 Å². The Balaban J connectivity index is 2.59. The van der Waals surface area contributed by atoms with Crippen molar-refractivity contribution in [1.29, 1.82) is 0 Å². The number of methoxy groups -OCH3 is 1. The van der Waals surface area contributed by atoms with Crippen molar-refractivity contribution < 1.29 is 19.1 Å². The molecule has 0 aromatic rings. The van der Waals surface area contributed by atoms with Gasteiger partial charge in [0.25, 0.3) is 0 Å². The van der Waals surface area contributed by atoms with Gasteiger partial charge in [0.1, 0.15) is 11.6 Å². The van der Waals surface area contributed by atoms with Gasteiger partial charge in [0, 0.05) is 12.6 Å². The highest BCUT2D eigenvalue weighted by atomic mass is 16.6. The zero-order valence-electron chi connectivity index (χ0n) is 12.1. The minimum absolute atomic E-state index is 0.0519. The predicted molar refractivity (Wildman–Crippen MR) is 70.6 cm³/mol. The third-order valence-electron chi connectivity index (χ3n) is 3.04. The summed E-state index contributed by atoms with van der Waals surface area (Å²) in [5, 5.41) is 0. The van der Waals surface area contributed by atoms with Crippen LogP contribution in [0.15, 0.2) is 0 Å². The van der Waals surface area contributed by atoms with Gasteiger partial charge >= 0.3 is 12.1 Å². The van der Waals surface area contributed by atoms with Gasteiger partial charge < -0.3 is 20.1 Å². The van der Waals surface area contributed by atoms with E-state index in [0.717, 1.165) is 12.8 Å². The molecule has 1 aliphatic rings. The minimum atomic E-state index is -0.696. The Morgan fingerprint density at radius 2 is 2.05 bits per heavy atom. The molecule has 6 heteroatoms. The van der Waals surface area contributed by atoms with Crippen LogP contribution in [0.2, 0.25) is 0 Å². The Morgan fingerprint density at radius 1 is 1.42 bits per heavy atom. The average Bonchev–Trinajstić information content (AvgIpc) is 2.73. The Bertz CT molecular complexity index is 338. The predicted octanol–water partition coefficient (Wildman–Crippen LogP) is 1.28. The first-order valence-corrected chi connectivity index (χ1v) is 6.57. The SMILES string of the molecule is COC(=O)C(N)CC1CCCN1C(=O)OC(C)(C)C. The van der Waals surface area contributed by atoms with E-state index in [9.17, 15) is 9.59 Å². The number of nitrogens with two attached hydrogens (primary N) is 1. The molecule has 0 aromatic carbocycles. The molecule has 0 saturated carbocycles. The Hall–Kier alpha value is -1.30. The van der Waals surface area contributed by atoms with Crippen LogP contribution in [-0.2, 0) is 14.3 Å². The minimum Gasteiger partial charge on any atom is -0.468 e. The first-order valence-electron chi connectivity index (χ1n) is 6.57. The van der Waals surface area contributed by atoms with E-state index in [1.54, 1.807) is 4.90 Å². The zero-order valence-corrected chi connectivity index (χ0v) is 12.1. The second kappa shape index (κ2) is 6.23. The fourth-order valence-corrected chi connectivity index (χ4v) is 2.18. The van der Waals surface area contributed by atoms with E-state index in [4.69, 9.17) is 10.5 Å². The summed E-state index contributed by atoms with van der Waals surface area (Å²) in [4.78, 5) is 25.0. The highest BCUT2D eigenvalue weighted by Gasteiger charge is 2.34. The van der Waals surface area contributed by atoms with Crippen molar-refractivity contribution in [2.75, 3.05) is 13.7 Å². The lowest BCUT2D eigenvalue weighted by Gasteiger charge is -2.29. The smallest absolute Gasteiger partial charge is 0.410 e. The molecule has 1 rings (SSSR count). The van der Waals surface area contributed by atoms with Crippen LogP contribution in [0.4, 0.5) is 4.79 Å². The van der Waals surface area contributed by atoms with Gasteiger partial charge in [-0.2, -0.15) is 0 Å². The summed E-state index contributed by atoms with van der Waals surface area (Å²) in [6, 6.07) is -0.748.